The van der Waals surface area contributed by atoms with E-state index in [0.29, 0.717) is 13.2 Å². The molecule has 0 aromatic rings. The Hall–Kier alpha value is -2.16. The summed E-state index contributed by atoms with van der Waals surface area (Å²) in [5, 5.41) is 19.9. The molecular weight excluding hydrogens is 296 g/mol. The van der Waals surface area contributed by atoms with Gasteiger partial charge in [0.1, 0.15) is 6.04 Å². The number of methoxy groups -OCH3 is 1. The van der Waals surface area contributed by atoms with Crippen LogP contribution in [0.5, 0.6) is 0 Å². The number of carboxylic acids is 2. The molecule has 0 bridgehead atoms. The predicted octanol–water partition coefficient (Wildman–Crippen LogP) is -1.08. The SMILES string of the molecule is COCCN1CC(C(=O)N[C@@H](CCC(=O)O)C(=O)O)CC1=O. The number of nitrogens with zero attached hydrogens (tertiary/aromatic N) is 1. The Morgan fingerprint density at radius 1 is 1.41 bits per heavy atom. The molecule has 1 aliphatic heterocycles. The Bertz CT molecular complexity index is 452. The third-order valence-electron chi connectivity index (χ3n) is 3.41. The molecule has 0 aromatic heterocycles. The van der Waals surface area contributed by atoms with Crippen molar-refractivity contribution in [2.75, 3.05) is 26.8 Å². The molecule has 22 heavy (non-hydrogen) atoms. The lowest BCUT2D eigenvalue weighted by atomic mass is 10.1. The van der Waals surface area contributed by atoms with Gasteiger partial charge in [-0.25, -0.2) is 4.79 Å². The van der Waals surface area contributed by atoms with Gasteiger partial charge in [0.25, 0.3) is 0 Å². The molecule has 9 heteroatoms. The van der Waals surface area contributed by atoms with Gasteiger partial charge >= 0.3 is 11.9 Å². The number of ether oxygens (including phenoxy) is 1. The van der Waals surface area contributed by atoms with Gasteiger partial charge in [-0.3, -0.25) is 14.4 Å². The van der Waals surface area contributed by atoms with Crippen LogP contribution in [0, 0.1) is 5.92 Å². The van der Waals surface area contributed by atoms with Crippen LogP contribution < -0.4 is 5.32 Å². The zero-order valence-corrected chi connectivity index (χ0v) is 12.3. The van der Waals surface area contributed by atoms with E-state index in [0.717, 1.165) is 0 Å². The first-order valence-corrected chi connectivity index (χ1v) is 6.86. The van der Waals surface area contributed by atoms with Crippen LogP contribution in [0.2, 0.25) is 0 Å². The van der Waals surface area contributed by atoms with E-state index in [9.17, 15) is 19.2 Å². The van der Waals surface area contributed by atoms with E-state index in [2.05, 4.69) is 5.32 Å². The number of carbonyl (C=O) groups is 4. The third kappa shape index (κ3) is 5.32. The molecule has 9 nitrogen and oxygen atoms in total. The summed E-state index contributed by atoms with van der Waals surface area (Å²) in [7, 11) is 1.50. The van der Waals surface area contributed by atoms with Crippen LogP contribution in [-0.4, -0.2) is 71.7 Å². The fraction of sp³-hybridized carbons (Fsp3) is 0.692. The molecule has 0 saturated carbocycles. The standard InChI is InChI=1S/C13H20N2O7/c1-22-5-4-15-7-8(6-10(15)16)12(19)14-9(13(20)21)2-3-11(17)18/h8-9H,2-7H2,1H3,(H,14,19)(H,17,18)(H,20,21)/t8?,9-/m0/s1. The van der Waals surface area contributed by atoms with E-state index < -0.39 is 29.8 Å². The van der Waals surface area contributed by atoms with Gasteiger partial charge in [0.05, 0.1) is 12.5 Å². The van der Waals surface area contributed by atoms with Crippen LogP contribution in [-0.2, 0) is 23.9 Å². The highest BCUT2D eigenvalue weighted by Crippen LogP contribution is 2.18. The molecule has 0 radical (unpaired) electrons. The van der Waals surface area contributed by atoms with Gasteiger partial charge in [0.2, 0.25) is 11.8 Å². The van der Waals surface area contributed by atoms with Gasteiger partial charge in [0.15, 0.2) is 0 Å². The molecule has 0 spiro atoms. The van der Waals surface area contributed by atoms with E-state index in [4.69, 9.17) is 14.9 Å². The van der Waals surface area contributed by atoms with E-state index in [1.165, 1.54) is 12.0 Å². The van der Waals surface area contributed by atoms with Crippen molar-refractivity contribution >= 4 is 23.8 Å². The minimum absolute atomic E-state index is 0.0147. The van der Waals surface area contributed by atoms with Crippen molar-refractivity contribution in [3.8, 4) is 0 Å². The molecule has 1 heterocycles. The van der Waals surface area contributed by atoms with E-state index in [-0.39, 0.29) is 31.7 Å². The fourth-order valence-corrected chi connectivity index (χ4v) is 2.18. The van der Waals surface area contributed by atoms with Gasteiger partial charge in [-0.1, -0.05) is 0 Å². The lowest BCUT2D eigenvalue weighted by molar-refractivity contribution is -0.143. The Labute approximate surface area is 127 Å². The average Bonchev–Trinajstić information content (AvgIpc) is 2.81. The smallest absolute Gasteiger partial charge is 0.326 e. The van der Waals surface area contributed by atoms with Gasteiger partial charge in [-0.2, -0.15) is 0 Å². The third-order valence-corrected chi connectivity index (χ3v) is 3.41. The summed E-state index contributed by atoms with van der Waals surface area (Å²) >= 11 is 0. The minimum Gasteiger partial charge on any atom is -0.481 e. The molecule has 2 atom stereocenters. The first-order valence-electron chi connectivity index (χ1n) is 6.86. The molecule has 1 saturated heterocycles. The molecule has 1 rings (SSSR count). The maximum absolute atomic E-state index is 12.0. The Morgan fingerprint density at radius 3 is 2.64 bits per heavy atom. The van der Waals surface area contributed by atoms with Crippen LogP contribution in [0.15, 0.2) is 0 Å². The molecule has 124 valence electrons. The topological polar surface area (TPSA) is 133 Å². The molecule has 0 aromatic carbocycles. The quantitative estimate of drug-likeness (QED) is 0.492. The normalized spacial score (nSPS) is 19.0. The summed E-state index contributed by atoms with van der Waals surface area (Å²) in [4.78, 5) is 46.8. The van der Waals surface area contributed by atoms with Gasteiger partial charge < -0.3 is 25.2 Å². The average molecular weight is 316 g/mol. The second kappa shape index (κ2) is 8.32. The number of carbonyl (C=O) groups excluding carboxylic acids is 2. The lowest BCUT2D eigenvalue weighted by Crippen LogP contribution is -2.44. The Morgan fingerprint density at radius 2 is 2.09 bits per heavy atom. The molecular formula is C13H20N2O7. The highest BCUT2D eigenvalue weighted by Gasteiger charge is 2.35. The van der Waals surface area contributed by atoms with Crippen molar-refractivity contribution in [2.24, 2.45) is 5.92 Å². The number of hydrogen-bond donors (Lipinski definition) is 3. The number of aliphatic carboxylic acids is 2. The molecule has 3 N–H and O–H groups in total. The molecule has 1 unspecified atom stereocenters. The first-order chi connectivity index (χ1) is 10.3. The summed E-state index contributed by atoms with van der Waals surface area (Å²) in [5.41, 5.74) is 0. The number of amides is 2. The first kappa shape index (κ1) is 17.9. The molecule has 1 aliphatic rings. The molecule has 1 fully saturated rings. The second-order valence-electron chi connectivity index (χ2n) is 5.07. The molecule has 0 aliphatic carbocycles. The van der Waals surface area contributed by atoms with Crippen LogP contribution in [0.25, 0.3) is 0 Å². The van der Waals surface area contributed by atoms with Gasteiger partial charge in [-0.15, -0.1) is 0 Å². The number of hydrogen-bond acceptors (Lipinski definition) is 5. The number of rotatable bonds is 9. The van der Waals surface area contributed by atoms with Crippen LogP contribution in [0.1, 0.15) is 19.3 Å². The monoisotopic (exact) mass is 316 g/mol. The Balaban J connectivity index is 2.54. The van der Waals surface area contributed by atoms with Crippen LogP contribution in [0.3, 0.4) is 0 Å². The Kier molecular flexibility index (Phi) is 6.77. The number of likely N-dealkylation sites (tertiary alicyclic amines) is 1. The van der Waals surface area contributed by atoms with Crippen molar-refractivity contribution in [1.29, 1.82) is 0 Å². The fourth-order valence-electron chi connectivity index (χ4n) is 2.18. The van der Waals surface area contributed by atoms with E-state index in [1.807, 2.05) is 0 Å². The van der Waals surface area contributed by atoms with E-state index >= 15 is 0 Å². The predicted molar refractivity (Wildman–Crippen MR) is 73.0 cm³/mol. The van der Waals surface area contributed by atoms with Crippen LogP contribution in [0.4, 0.5) is 0 Å². The number of carboxylic acid groups (broad SMARTS) is 2. The molecule has 2 amide bonds. The lowest BCUT2D eigenvalue weighted by Gasteiger charge is -2.18. The summed E-state index contributed by atoms with van der Waals surface area (Å²) in [6.45, 7) is 0.941. The van der Waals surface area contributed by atoms with Crippen molar-refractivity contribution in [3.63, 3.8) is 0 Å². The highest BCUT2D eigenvalue weighted by molar-refractivity contribution is 5.91. The van der Waals surface area contributed by atoms with Gasteiger partial charge in [0, 0.05) is 33.0 Å². The summed E-state index contributed by atoms with van der Waals surface area (Å²) < 4.78 is 4.87. The number of nitrogens with one attached hydrogen (secondary N) is 1. The largest absolute Gasteiger partial charge is 0.481 e. The van der Waals surface area contributed by atoms with Crippen molar-refractivity contribution in [3.05, 3.63) is 0 Å². The van der Waals surface area contributed by atoms with Gasteiger partial charge in [-0.05, 0) is 6.42 Å². The summed E-state index contributed by atoms with van der Waals surface area (Å²) in [5.74, 6) is -3.80. The van der Waals surface area contributed by atoms with E-state index in [1.54, 1.807) is 0 Å². The second-order valence-corrected chi connectivity index (χ2v) is 5.07. The summed E-state index contributed by atoms with van der Waals surface area (Å²) in [6, 6.07) is -1.27. The van der Waals surface area contributed by atoms with Crippen molar-refractivity contribution < 1.29 is 34.1 Å². The summed E-state index contributed by atoms with van der Waals surface area (Å²) in [6.07, 6.45) is -0.550. The zero-order chi connectivity index (χ0) is 16.7. The van der Waals surface area contributed by atoms with Crippen molar-refractivity contribution in [1.82, 2.24) is 10.2 Å². The van der Waals surface area contributed by atoms with Crippen molar-refractivity contribution in [2.45, 2.75) is 25.3 Å². The zero-order valence-electron chi connectivity index (χ0n) is 12.3. The van der Waals surface area contributed by atoms with Crippen LogP contribution >= 0.6 is 0 Å². The maximum Gasteiger partial charge on any atom is 0.326 e. The maximum atomic E-state index is 12.0. The highest BCUT2D eigenvalue weighted by atomic mass is 16.5. The minimum atomic E-state index is -1.30.